The summed E-state index contributed by atoms with van der Waals surface area (Å²) < 4.78 is 0. The van der Waals surface area contributed by atoms with Gasteiger partial charge >= 0.3 is 5.97 Å². The lowest BCUT2D eigenvalue weighted by Crippen LogP contribution is -2.28. The quantitative estimate of drug-likeness (QED) is 0.189. The maximum absolute atomic E-state index is 13.3. The first-order valence-corrected chi connectivity index (χ1v) is 15.7. The zero-order valence-corrected chi connectivity index (χ0v) is 26.3. The molecule has 9 nitrogen and oxygen atoms in total. The molecule has 3 aromatic carbocycles. The summed E-state index contributed by atoms with van der Waals surface area (Å²) in [5, 5.41) is 11.9. The predicted octanol–water partition coefficient (Wildman–Crippen LogP) is 5.96. The van der Waals surface area contributed by atoms with Gasteiger partial charge in [-0.05, 0) is 65.8 Å². The second-order valence-corrected chi connectivity index (χ2v) is 12.2. The van der Waals surface area contributed by atoms with Crippen LogP contribution in [0, 0.1) is 0 Å². The van der Waals surface area contributed by atoms with E-state index in [9.17, 15) is 19.2 Å². The summed E-state index contributed by atoms with van der Waals surface area (Å²) in [7, 11) is 0. The Morgan fingerprint density at radius 1 is 1.02 bits per heavy atom. The predicted molar refractivity (Wildman–Crippen MR) is 181 cm³/mol. The SMILES string of the molecule is CC(=O)NC(CCC(=O)O)c1ccc(C2(C)C=C(C(=O)Cc3ccc(-c4cc(C(=O)N5CCc6ccccc65)c[nH]4)cc3)C=N2)cc1. The molecule has 4 aromatic rings. The van der Waals surface area contributed by atoms with Gasteiger partial charge in [0.05, 0.1) is 11.6 Å². The molecule has 2 amide bonds. The van der Waals surface area contributed by atoms with Crippen LogP contribution in [-0.4, -0.2) is 46.4 Å². The molecule has 47 heavy (non-hydrogen) atoms. The normalized spacial score (nSPS) is 17.2. The van der Waals surface area contributed by atoms with Gasteiger partial charge in [0.15, 0.2) is 5.78 Å². The van der Waals surface area contributed by atoms with E-state index in [4.69, 9.17) is 5.11 Å². The van der Waals surface area contributed by atoms with Crippen LogP contribution < -0.4 is 10.2 Å². The Morgan fingerprint density at radius 3 is 2.49 bits per heavy atom. The van der Waals surface area contributed by atoms with Crippen molar-refractivity contribution in [2.45, 2.75) is 51.1 Å². The highest BCUT2D eigenvalue weighted by atomic mass is 16.4. The number of benzene rings is 3. The van der Waals surface area contributed by atoms with Crippen LogP contribution in [0.15, 0.2) is 102 Å². The number of nitrogens with one attached hydrogen (secondary N) is 2. The number of hydrogen-bond donors (Lipinski definition) is 3. The van der Waals surface area contributed by atoms with Gasteiger partial charge in [-0.3, -0.25) is 24.2 Å². The van der Waals surface area contributed by atoms with Gasteiger partial charge in [-0.1, -0.05) is 66.7 Å². The summed E-state index contributed by atoms with van der Waals surface area (Å²) in [6.07, 6.45) is 6.52. The second kappa shape index (κ2) is 13.0. The van der Waals surface area contributed by atoms with Crippen molar-refractivity contribution in [3.05, 3.63) is 125 Å². The van der Waals surface area contributed by atoms with Crippen molar-refractivity contribution in [3.8, 4) is 11.3 Å². The molecule has 238 valence electrons. The number of Topliss-reactive ketones (excluding diaryl/α,β-unsaturated/α-hetero) is 1. The highest BCUT2D eigenvalue weighted by Crippen LogP contribution is 2.34. The first-order valence-electron chi connectivity index (χ1n) is 15.7. The molecule has 6 rings (SSSR count). The average molecular weight is 629 g/mol. The Hall–Kier alpha value is -5.57. The Balaban J connectivity index is 1.09. The van der Waals surface area contributed by atoms with E-state index in [2.05, 4.69) is 21.4 Å². The molecule has 0 bridgehead atoms. The number of carboxylic acid groups (broad SMARTS) is 1. The van der Waals surface area contributed by atoms with Crippen molar-refractivity contribution in [2.24, 2.45) is 4.99 Å². The summed E-state index contributed by atoms with van der Waals surface area (Å²) in [4.78, 5) is 59.0. The molecule has 9 heteroatoms. The lowest BCUT2D eigenvalue weighted by molar-refractivity contribution is -0.137. The first kappa shape index (κ1) is 31.4. The number of aromatic amines is 1. The van der Waals surface area contributed by atoms with Crippen LogP contribution in [0.1, 0.15) is 65.3 Å². The van der Waals surface area contributed by atoms with Crippen LogP contribution in [0.3, 0.4) is 0 Å². The third kappa shape index (κ3) is 6.84. The van der Waals surface area contributed by atoms with Crippen molar-refractivity contribution < 1.29 is 24.3 Å². The number of para-hydroxylation sites is 1. The van der Waals surface area contributed by atoms with Crippen LogP contribution in [-0.2, 0) is 32.8 Å². The van der Waals surface area contributed by atoms with E-state index >= 15 is 0 Å². The minimum atomic E-state index is -0.921. The van der Waals surface area contributed by atoms with Gasteiger partial charge in [-0.2, -0.15) is 0 Å². The van der Waals surface area contributed by atoms with E-state index in [1.165, 1.54) is 12.5 Å². The van der Waals surface area contributed by atoms with Crippen LogP contribution >= 0.6 is 0 Å². The van der Waals surface area contributed by atoms with E-state index in [1.54, 1.807) is 12.4 Å². The molecule has 3 heterocycles. The third-order valence-corrected chi connectivity index (χ3v) is 8.84. The number of anilines is 1. The van der Waals surface area contributed by atoms with Crippen LogP contribution in [0.4, 0.5) is 5.69 Å². The maximum Gasteiger partial charge on any atom is 0.303 e. The van der Waals surface area contributed by atoms with E-state index in [0.717, 1.165) is 40.1 Å². The Labute approximate surface area is 273 Å². The summed E-state index contributed by atoms with van der Waals surface area (Å²) in [5.41, 5.74) is 6.87. The van der Waals surface area contributed by atoms with Crippen LogP contribution in [0.2, 0.25) is 0 Å². The number of allylic oxidation sites excluding steroid dienone is 1. The van der Waals surface area contributed by atoms with Gasteiger partial charge < -0.3 is 20.3 Å². The van der Waals surface area contributed by atoms with Crippen LogP contribution in [0.5, 0.6) is 0 Å². The third-order valence-electron chi connectivity index (χ3n) is 8.84. The highest BCUT2D eigenvalue weighted by Gasteiger charge is 2.30. The largest absolute Gasteiger partial charge is 0.481 e. The standard InChI is InChI=1S/C38H36N4O5/c1-24(43)41-32(15-16-36(45)46)26-11-13-31(14-12-26)38(2)21-30(23-40-38)35(44)19-25-7-9-27(10-8-25)33-20-29(22-39-33)37(47)42-18-17-28-5-3-4-6-34(28)42/h3-14,20-23,32,39H,15-19H2,1-2H3,(H,41,43)(H,45,46). The molecule has 0 radical (unpaired) electrons. The molecule has 2 aliphatic rings. The molecule has 2 unspecified atom stereocenters. The number of fused-ring (bicyclic) bond motifs is 1. The number of carbonyl (C=O) groups is 4. The Kier molecular flexibility index (Phi) is 8.72. The summed E-state index contributed by atoms with van der Waals surface area (Å²) in [6.45, 7) is 4.01. The van der Waals surface area contributed by atoms with Crippen molar-refractivity contribution in [1.29, 1.82) is 0 Å². The van der Waals surface area contributed by atoms with Gasteiger partial charge in [0.25, 0.3) is 5.91 Å². The first-order chi connectivity index (χ1) is 22.6. The lowest BCUT2D eigenvalue weighted by Gasteiger charge is -2.22. The van der Waals surface area contributed by atoms with E-state index in [0.29, 0.717) is 17.7 Å². The number of ketones is 1. The summed E-state index contributed by atoms with van der Waals surface area (Å²) in [6, 6.07) is 24.7. The number of nitrogens with zero attached hydrogens (tertiary/aromatic N) is 2. The molecule has 2 atom stereocenters. The zero-order chi connectivity index (χ0) is 33.1. The molecule has 1 aromatic heterocycles. The summed E-state index contributed by atoms with van der Waals surface area (Å²) in [5.74, 6) is -1.22. The van der Waals surface area contributed by atoms with E-state index in [1.807, 2.05) is 90.7 Å². The molecule has 0 saturated heterocycles. The fraction of sp³-hybridized carbons (Fsp3) is 0.237. The average Bonchev–Trinajstić information content (AvgIpc) is 3.82. The second-order valence-electron chi connectivity index (χ2n) is 12.2. The van der Waals surface area contributed by atoms with Crippen molar-refractivity contribution in [3.63, 3.8) is 0 Å². The van der Waals surface area contributed by atoms with Gasteiger partial charge in [-0.25, -0.2) is 0 Å². The fourth-order valence-corrected chi connectivity index (χ4v) is 6.26. The smallest absolute Gasteiger partial charge is 0.303 e. The van der Waals surface area contributed by atoms with Gasteiger partial charge in [-0.15, -0.1) is 0 Å². The van der Waals surface area contributed by atoms with E-state index in [-0.39, 0.29) is 36.9 Å². The number of carbonyl (C=O) groups excluding carboxylic acids is 3. The lowest BCUT2D eigenvalue weighted by atomic mass is 9.89. The molecular formula is C38H36N4O5. The molecule has 0 spiro atoms. The zero-order valence-electron chi connectivity index (χ0n) is 26.3. The number of rotatable bonds is 11. The number of aliphatic imine (C=N–C) groups is 1. The maximum atomic E-state index is 13.3. The monoisotopic (exact) mass is 628 g/mol. The minimum absolute atomic E-state index is 0.0287. The molecular weight excluding hydrogens is 592 g/mol. The minimum Gasteiger partial charge on any atom is -0.481 e. The Bertz CT molecular complexity index is 1900. The molecule has 0 saturated carbocycles. The number of aliphatic carboxylic acids is 1. The molecule has 0 fully saturated rings. The van der Waals surface area contributed by atoms with Gasteiger partial charge in [0.1, 0.15) is 5.54 Å². The number of carboxylic acids is 1. The highest BCUT2D eigenvalue weighted by molar-refractivity contribution is 6.15. The van der Waals surface area contributed by atoms with Gasteiger partial charge in [0.2, 0.25) is 5.91 Å². The molecule has 3 N–H and O–H groups in total. The van der Waals surface area contributed by atoms with Crippen molar-refractivity contribution >= 4 is 35.5 Å². The van der Waals surface area contributed by atoms with Gasteiger partial charge in [0, 0.05) is 55.7 Å². The van der Waals surface area contributed by atoms with Crippen molar-refractivity contribution in [2.75, 3.05) is 11.4 Å². The van der Waals surface area contributed by atoms with Crippen LogP contribution in [0.25, 0.3) is 11.3 Å². The number of H-pyrrole nitrogens is 1. The molecule has 2 aliphatic heterocycles. The summed E-state index contributed by atoms with van der Waals surface area (Å²) >= 11 is 0. The fourth-order valence-electron chi connectivity index (χ4n) is 6.26. The number of hydrogen-bond acceptors (Lipinski definition) is 5. The number of amides is 2. The number of aromatic nitrogens is 1. The molecule has 0 aliphatic carbocycles. The van der Waals surface area contributed by atoms with Crippen molar-refractivity contribution in [1.82, 2.24) is 10.3 Å². The topological polar surface area (TPSA) is 132 Å². The van der Waals surface area contributed by atoms with E-state index < -0.39 is 17.6 Å². The Morgan fingerprint density at radius 2 is 1.77 bits per heavy atom.